The maximum Gasteiger partial charge on any atom is 0.316 e. The highest BCUT2D eigenvalue weighted by atomic mass is 16.5. The first-order chi connectivity index (χ1) is 9.74. The van der Waals surface area contributed by atoms with E-state index in [9.17, 15) is 4.79 Å². The van der Waals surface area contributed by atoms with Crippen molar-refractivity contribution >= 4 is 11.7 Å². The number of carbonyl (C=O) groups excluding carboxylic acids is 1. The van der Waals surface area contributed by atoms with Gasteiger partial charge >= 0.3 is 6.03 Å². The van der Waals surface area contributed by atoms with E-state index in [-0.39, 0.29) is 0 Å². The first kappa shape index (κ1) is 20.6. The van der Waals surface area contributed by atoms with Gasteiger partial charge in [-0.15, -0.1) is 0 Å². The van der Waals surface area contributed by atoms with Crippen molar-refractivity contribution in [2.45, 2.75) is 34.1 Å². The van der Waals surface area contributed by atoms with Crippen molar-refractivity contribution in [3.63, 3.8) is 0 Å². The Bertz CT molecular complexity index is 344. The Morgan fingerprint density at radius 3 is 2.35 bits per heavy atom. The van der Waals surface area contributed by atoms with Crippen LogP contribution < -0.4 is 21.1 Å². The number of benzene rings is 1. The molecule has 0 bridgehead atoms. The van der Waals surface area contributed by atoms with Gasteiger partial charge in [0.2, 0.25) is 0 Å². The lowest BCUT2D eigenvalue weighted by molar-refractivity contribution is 0.259. The Morgan fingerprint density at radius 2 is 1.80 bits per heavy atom. The fourth-order valence-corrected chi connectivity index (χ4v) is 1.26. The van der Waals surface area contributed by atoms with Gasteiger partial charge in [0.25, 0.3) is 0 Å². The summed E-state index contributed by atoms with van der Waals surface area (Å²) >= 11 is 0. The normalized spacial score (nSPS) is 8.45. The van der Waals surface area contributed by atoms with Crippen molar-refractivity contribution in [1.29, 1.82) is 0 Å². The summed E-state index contributed by atoms with van der Waals surface area (Å²) in [6.45, 7) is 9.49. The van der Waals surface area contributed by atoms with Gasteiger partial charge in [-0.05, 0) is 32.1 Å². The SMILES string of the molecule is CC.CC.CNCCCOc1ccccc1NC(N)=O. The lowest BCUT2D eigenvalue weighted by Gasteiger charge is -2.10. The third-order valence-electron chi connectivity index (χ3n) is 1.97. The number of carbonyl (C=O) groups is 1. The average Bonchev–Trinajstić information content (AvgIpc) is 2.49. The van der Waals surface area contributed by atoms with Gasteiger partial charge in [0.15, 0.2) is 0 Å². The monoisotopic (exact) mass is 283 g/mol. The van der Waals surface area contributed by atoms with E-state index >= 15 is 0 Å². The highest BCUT2D eigenvalue weighted by Crippen LogP contribution is 2.23. The maximum absolute atomic E-state index is 10.7. The van der Waals surface area contributed by atoms with E-state index in [0.717, 1.165) is 13.0 Å². The van der Waals surface area contributed by atoms with E-state index in [1.165, 1.54) is 0 Å². The number of urea groups is 1. The molecule has 116 valence electrons. The lowest BCUT2D eigenvalue weighted by Crippen LogP contribution is -2.20. The van der Waals surface area contributed by atoms with Crippen molar-refractivity contribution in [3.8, 4) is 5.75 Å². The number of primary amides is 1. The van der Waals surface area contributed by atoms with Crippen LogP contribution in [0.1, 0.15) is 34.1 Å². The molecule has 0 fully saturated rings. The molecule has 0 atom stereocenters. The van der Waals surface area contributed by atoms with E-state index in [1.54, 1.807) is 12.1 Å². The van der Waals surface area contributed by atoms with Gasteiger partial charge in [0, 0.05) is 0 Å². The number of hydrogen-bond acceptors (Lipinski definition) is 3. The van der Waals surface area contributed by atoms with Gasteiger partial charge < -0.3 is 21.1 Å². The highest BCUT2D eigenvalue weighted by molar-refractivity contribution is 5.89. The third-order valence-corrected chi connectivity index (χ3v) is 1.97. The minimum atomic E-state index is -0.591. The fraction of sp³-hybridized carbons (Fsp3) is 0.533. The summed E-state index contributed by atoms with van der Waals surface area (Å²) in [6, 6.07) is 6.61. The summed E-state index contributed by atoms with van der Waals surface area (Å²) in [6.07, 6.45) is 0.904. The van der Waals surface area contributed by atoms with Gasteiger partial charge in [-0.2, -0.15) is 0 Å². The molecule has 0 heterocycles. The number of para-hydroxylation sites is 2. The van der Waals surface area contributed by atoms with Crippen LogP contribution in [-0.4, -0.2) is 26.2 Å². The lowest BCUT2D eigenvalue weighted by atomic mass is 10.3. The Labute approximate surface area is 122 Å². The Balaban J connectivity index is 0. The first-order valence-corrected chi connectivity index (χ1v) is 7.17. The molecule has 0 aromatic heterocycles. The van der Waals surface area contributed by atoms with Crippen LogP contribution in [0.2, 0.25) is 0 Å². The zero-order chi connectivity index (χ0) is 15.8. The molecule has 5 nitrogen and oxygen atoms in total. The van der Waals surface area contributed by atoms with Crippen LogP contribution in [0.25, 0.3) is 0 Å². The van der Waals surface area contributed by atoms with E-state index in [1.807, 2.05) is 46.9 Å². The fourth-order valence-electron chi connectivity index (χ4n) is 1.26. The molecule has 0 saturated carbocycles. The summed E-state index contributed by atoms with van der Waals surface area (Å²) in [5.41, 5.74) is 5.65. The molecule has 0 aliphatic rings. The quantitative estimate of drug-likeness (QED) is 0.702. The molecular formula is C15H29N3O2. The molecule has 0 radical (unpaired) electrons. The second-order valence-corrected chi connectivity index (χ2v) is 3.29. The largest absolute Gasteiger partial charge is 0.491 e. The zero-order valence-corrected chi connectivity index (χ0v) is 13.3. The van der Waals surface area contributed by atoms with E-state index in [0.29, 0.717) is 18.0 Å². The molecule has 0 aliphatic carbocycles. The highest BCUT2D eigenvalue weighted by Gasteiger charge is 2.03. The van der Waals surface area contributed by atoms with Crippen LogP contribution in [0.4, 0.5) is 10.5 Å². The number of anilines is 1. The molecule has 0 saturated heterocycles. The average molecular weight is 283 g/mol. The molecule has 0 unspecified atom stereocenters. The van der Waals surface area contributed by atoms with Crippen LogP contribution in [0.3, 0.4) is 0 Å². The molecule has 0 aliphatic heterocycles. The first-order valence-electron chi connectivity index (χ1n) is 7.17. The Morgan fingerprint density at radius 1 is 1.20 bits per heavy atom. The summed E-state index contributed by atoms with van der Waals surface area (Å²) in [5, 5.41) is 5.54. The predicted molar refractivity (Wildman–Crippen MR) is 86.4 cm³/mol. The molecule has 0 spiro atoms. The van der Waals surface area contributed by atoms with Crippen LogP contribution >= 0.6 is 0 Å². The van der Waals surface area contributed by atoms with Crippen LogP contribution in [0.5, 0.6) is 5.75 Å². The standard InChI is InChI=1S/C11H17N3O2.2C2H6/c1-13-7-4-8-16-10-6-3-2-5-9(10)14-11(12)15;2*1-2/h2-3,5-6,13H,4,7-8H2,1H3,(H3,12,14,15);2*1-2H3. The number of hydrogen-bond donors (Lipinski definition) is 3. The van der Waals surface area contributed by atoms with E-state index in [2.05, 4.69) is 10.6 Å². The predicted octanol–water partition coefficient (Wildman–Crippen LogP) is 3.22. The van der Waals surface area contributed by atoms with Gasteiger partial charge in [0.1, 0.15) is 5.75 Å². The van der Waals surface area contributed by atoms with Gasteiger partial charge in [-0.3, -0.25) is 0 Å². The third kappa shape index (κ3) is 10.2. The molecule has 1 aromatic carbocycles. The van der Waals surface area contributed by atoms with Crippen molar-refractivity contribution in [2.24, 2.45) is 5.73 Å². The van der Waals surface area contributed by atoms with Gasteiger partial charge in [0.05, 0.1) is 12.3 Å². The van der Waals surface area contributed by atoms with Crippen LogP contribution in [0.15, 0.2) is 24.3 Å². The van der Waals surface area contributed by atoms with E-state index < -0.39 is 6.03 Å². The topological polar surface area (TPSA) is 76.4 Å². The van der Waals surface area contributed by atoms with Crippen molar-refractivity contribution in [3.05, 3.63) is 24.3 Å². The minimum absolute atomic E-state index is 0.591. The molecule has 2 amide bonds. The van der Waals surface area contributed by atoms with Crippen molar-refractivity contribution in [2.75, 3.05) is 25.5 Å². The number of nitrogens with one attached hydrogen (secondary N) is 2. The number of nitrogens with two attached hydrogens (primary N) is 1. The molecule has 4 N–H and O–H groups in total. The van der Waals surface area contributed by atoms with Crippen molar-refractivity contribution in [1.82, 2.24) is 5.32 Å². The molecule has 20 heavy (non-hydrogen) atoms. The van der Waals surface area contributed by atoms with E-state index in [4.69, 9.17) is 10.5 Å². The Hall–Kier alpha value is -1.75. The van der Waals surface area contributed by atoms with Gasteiger partial charge in [-0.25, -0.2) is 4.79 Å². The molecule has 5 heteroatoms. The zero-order valence-electron chi connectivity index (χ0n) is 13.3. The Kier molecular flexibility index (Phi) is 15.7. The van der Waals surface area contributed by atoms with Crippen LogP contribution in [0, 0.1) is 0 Å². The summed E-state index contributed by atoms with van der Waals surface area (Å²) < 4.78 is 5.53. The summed E-state index contributed by atoms with van der Waals surface area (Å²) in [5.74, 6) is 0.636. The number of amides is 2. The summed E-state index contributed by atoms with van der Waals surface area (Å²) in [4.78, 5) is 10.7. The molecule has 1 aromatic rings. The molecular weight excluding hydrogens is 254 g/mol. The second-order valence-electron chi connectivity index (χ2n) is 3.29. The van der Waals surface area contributed by atoms with Crippen LogP contribution in [-0.2, 0) is 0 Å². The number of rotatable bonds is 6. The maximum atomic E-state index is 10.7. The smallest absolute Gasteiger partial charge is 0.316 e. The van der Waals surface area contributed by atoms with Crippen molar-refractivity contribution < 1.29 is 9.53 Å². The molecule has 1 rings (SSSR count). The summed E-state index contributed by atoms with van der Waals surface area (Å²) in [7, 11) is 1.89. The number of ether oxygens (including phenoxy) is 1. The van der Waals surface area contributed by atoms with Gasteiger partial charge in [-0.1, -0.05) is 39.8 Å². The minimum Gasteiger partial charge on any atom is -0.491 e. The second kappa shape index (κ2) is 15.3.